The number of nitrogens with one attached hydrogen (secondary N) is 1. The van der Waals surface area contributed by atoms with Crippen LogP contribution in [0.5, 0.6) is 0 Å². The predicted molar refractivity (Wildman–Crippen MR) is 97.9 cm³/mol. The van der Waals surface area contributed by atoms with E-state index in [2.05, 4.69) is 83.8 Å². The maximum atomic E-state index is 3.58. The molecule has 0 aliphatic rings. The molecule has 1 N–H and O–H groups in total. The summed E-state index contributed by atoms with van der Waals surface area (Å²) in [5.74, 6) is 0. The lowest BCUT2D eigenvalue weighted by molar-refractivity contribution is 0.587. The maximum Gasteiger partial charge on any atom is 0.0467 e. The highest BCUT2D eigenvalue weighted by atomic mass is 14.7. The van der Waals surface area contributed by atoms with Crippen LogP contribution in [0.3, 0.4) is 0 Å². The Kier molecular flexibility index (Phi) is 3.18. The van der Waals surface area contributed by atoms with Gasteiger partial charge in [0.05, 0.1) is 0 Å². The van der Waals surface area contributed by atoms with Gasteiger partial charge in [-0.1, -0.05) is 53.7 Å². The SMILES string of the molecule is Cc1c(C(C)(C)C)ccc2[nH]c3ccc(C(C)(C)C)cc3c12. The van der Waals surface area contributed by atoms with Crippen molar-refractivity contribution in [2.45, 2.75) is 59.3 Å². The molecule has 0 aliphatic carbocycles. The van der Waals surface area contributed by atoms with Crippen molar-refractivity contribution in [3.05, 3.63) is 47.0 Å². The number of aromatic nitrogens is 1. The van der Waals surface area contributed by atoms with Gasteiger partial charge in [-0.25, -0.2) is 0 Å². The summed E-state index contributed by atoms with van der Waals surface area (Å²) in [5, 5.41) is 2.74. The quantitative estimate of drug-likeness (QED) is 0.506. The molecule has 0 saturated heterocycles. The average molecular weight is 293 g/mol. The average Bonchev–Trinajstić information content (AvgIpc) is 2.74. The van der Waals surface area contributed by atoms with Crippen LogP contribution < -0.4 is 0 Å². The predicted octanol–water partition coefficient (Wildman–Crippen LogP) is 6.22. The molecule has 0 aliphatic heterocycles. The Bertz CT molecular complexity index is 851. The fraction of sp³-hybridized carbons (Fsp3) is 0.429. The Morgan fingerprint density at radius 2 is 1.41 bits per heavy atom. The van der Waals surface area contributed by atoms with Crippen molar-refractivity contribution in [3.8, 4) is 0 Å². The molecule has 1 heterocycles. The van der Waals surface area contributed by atoms with Gasteiger partial charge in [0.1, 0.15) is 0 Å². The Morgan fingerprint density at radius 1 is 0.773 bits per heavy atom. The normalized spacial score (nSPS) is 13.2. The van der Waals surface area contributed by atoms with E-state index < -0.39 is 0 Å². The van der Waals surface area contributed by atoms with E-state index in [-0.39, 0.29) is 10.8 Å². The van der Waals surface area contributed by atoms with Crippen molar-refractivity contribution in [2.24, 2.45) is 0 Å². The molecule has 0 atom stereocenters. The molecule has 0 saturated carbocycles. The molecule has 0 unspecified atom stereocenters. The first-order chi connectivity index (χ1) is 10.1. The van der Waals surface area contributed by atoms with Crippen LogP contribution in [0.25, 0.3) is 21.8 Å². The van der Waals surface area contributed by atoms with Crippen LogP contribution in [0.1, 0.15) is 58.2 Å². The summed E-state index contributed by atoms with van der Waals surface area (Å²) in [7, 11) is 0. The molecular formula is C21H27N. The van der Waals surface area contributed by atoms with Gasteiger partial charge < -0.3 is 4.98 Å². The lowest BCUT2D eigenvalue weighted by Crippen LogP contribution is -2.13. The fourth-order valence-corrected chi connectivity index (χ4v) is 3.45. The largest absolute Gasteiger partial charge is 0.355 e. The Morgan fingerprint density at radius 3 is 2.00 bits per heavy atom. The van der Waals surface area contributed by atoms with E-state index in [0.29, 0.717) is 0 Å². The first kappa shape index (κ1) is 15.1. The van der Waals surface area contributed by atoms with E-state index >= 15 is 0 Å². The standard InChI is InChI=1S/C21H27N/c1-13-16(21(5,6)7)9-11-18-19(13)15-12-14(20(2,3)4)8-10-17(15)22-18/h8-12,22H,1-7H3. The van der Waals surface area contributed by atoms with E-state index in [1.807, 2.05) is 0 Å². The number of aromatic amines is 1. The van der Waals surface area contributed by atoms with Crippen molar-refractivity contribution in [2.75, 3.05) is 0 Å². The summed E-state index contributed by atoms with van der Waals surface area (Å²) in [5.41, 5.74) is 7.05. The molecule has 22 heavy (non-hydrogen) atoms. The number of hydrogen-bond donors (Lipinski definition) is 1. The monoisotopic (exact) mass is 293 g/mol. The van der Waals surface area contributed by atoms with Gasteiger partial charge in [-0.05, 0) is 52.6 Å². The number of fused-ring (bicyclic) bond motifs is 3. The number of hydrogen-bond acceptors (Lipinski definition) is 0. The summed E-state index contributed by atoms with van der Waals surface area (Å²) in [6.07, 6.45) is 0. The molecule has 0 fully saturated rings. The first-order valence-corrected chi connectivity index (χ1v) is 8.15. The number of benzene rings is 2. The molecule has 2 aromatic carbocycles. The highest BCUT2D eigenvalue weighted by molar-refractivity contribution is 6.09. The highest BCUT2D eigenvalue weighted by Gasteiger charge is 2.20. The molecular weight excluding hydrogens is 266 g/mol. The van der Waals surface area contributed by atoms with Gasteiger partial charge in [0.15, 0.2) is 0 Å². The zero-order valence-electron chi connectivity index (χ0n) is 14.9. The van der Waals surface area contributed by atoms with Crippen LogP contribution in [0.15, 0.2) is 30.3 Å². The topological polar surface area (TPSA) is 15.8 Å². The number of rotatable bonds is 0. The summed E-state index contributed by atoms with van der Waals surface area (Å²) in [6.45, 7) is 16.0. The van der Waals surface area contributed by atoms with Crippen molar-refractivity contribution in [1.82, 2.24) is 4.98 Å². The molecule has 1 aromatic heterocycles. The molecule has 0 spiro atoms. The fourth-order valence-electron chi connectivity index (χ4n) is 3.45. The Hall–Kier alpha value is -1.76. The number of H-pyrrole nitrogens is 1. The second-order valence-electron chi connectivity index (χ2n) is 8.55. The third-order valence-corrected chi connectivity index (χ3v) is 4.70. The minimum Gasteiger partial charge on any atom is -0.355 e. The van der Waals surface area contributed by atoms with E-state index in [9.17, 15) is 0 Å². The van der Waals surface area contributed by atoms with Crippen LogP contribution in [-0.2, 0) is 10.8 Å². The van der Waals surface area contributed by atoms with Crippen LogP contribution >= 0.6 is 0 Å². The van der Waals surface area contributed by atoms with Crippen LogP contribution in [0.2, 0.25) is 0 Å². The van der Waals surface area contributed by atoms with E-state index in [1.165, 1.54) is 38.5 Å². The van der Waals surface area contributed by atoms with Gasteiger partial charge in [-0.15, -0.1) is 0 Å². The summed E-state index contributed by atoms with van der Waals surface area (Å²) in [6, 6.07) is 11.4. The summed E-state index contributed by atoms with van der Waals surface area (Å²) in [4.78, 5) is 3.58. The minimum absolute atomic E-state index is 0.170. The zero-order chi connectivity index (χ0) is 16.3. The highest BCUT2D eigenvalue weighted by Crippen LogP contribution is 2.36. The second-order valence-corrected chi connectivity index (χ2v) is 8.55. The Labute approximate surface area is 133 Å². The van der Waals surface area contributed by atoms with Crippen molar-refractivity contribution >= 4 is 21.8 Å². The third kappa shape index (κ3) is 2.33. The second kappa shape index (κ2) is 4.62. The van der Waals surface area contributed by atoms with E-state index in [1.54, 1.807) is 0 Å². The molecule has 1 nitrogen and oxygen atoms in total. The maximum absolute atomic E-state index is 3.58. The summed E-state index contributed by atoms with van der Waals surface area (Å²) < 4.78 is 0. The van der Waals surface area contributed by atoms with Gasteiger partial charge >= 0.3 is 0 Å². The molecule has 0 amide bonds. The van der Waals surface area contributed by atoms with Gasteiger partial charge in [0.25, 0.3) is 0 Å². The molecule has 116 valence electrons. The lowest BCUT2D eigenvalue weighted by Gasteiger charge is -2.22. The van der Waals surface area contributed by atoms with Crippen LogP contribution in [0, 0.1) is 6.92 Å². The molecule has 1 heteroatoms. The molecule has 0 bridgehead atoms. The molecule has 0 radical (unpaired) electrons. The smallest absolute Gasteiger partial charge is 0.0467 e. The third-order valence-electron chi connectivity index (χ3n) is 4.70. The van der Waals surface area contributed by atoms with Crippen molar-refractivity contribution in [1.29, 1.82) is 0 Å². The van der Waals surface area contributed by atoms with Gasteiger partial charge in [0.2, 0.25) is 0 Å². The van der Waals surface area contributed by atoms with Crippen molar-refractivity contribution < 1.29 is 0 Å². The minimum atomic E-state index is 0.170. The Balaban J connectivity index is 2.40. The van der Waals surface area contributed by atoms with E-state index in [0.717, 1.165) is 0 Å². The molecule has 3 rings (SSSR count). The van der Waals surface area contributed by atoms with Crippen LogP contribution in [-0.4, -0.2) is 4.98 Å². The molecule has 3 aromatic rings. The first-order valence-electron chi connectivity index (χ1n) is 8.15. The van der Waals surface area contributed by atoms with Crippen LogP contribution in [0.4, 0.5) is 0 Å². The van der Waals surface area contributed by atoms with Crippen molar-refractivity contribution in [3.63, 3.8) is 0 Å². The van der Waals surface area contributed by atoms with Gasteiger partial charge in [-0.3, -0.25) is 0 Å². The zero-order valence-corrected chi connectivity index (χ0v) is 14.9. The summed E-state index contributed by atoms with van der Waals surface area (Å²) >= 11 is 0. The van der Waals surface area contributed by atoms with E-state index in [4.69, 9.17) is 0 Å². The van der Waals surface area contributed by atoms with Gasteiger partial charge in [-0.2, -0.15) is 0 Å². The number of aryl methyl sites for hydroxylation is 1. The van der Waals surface area contributed by atoms with Gasteiger partial charge in [0, 0.05) is 21.8 Å². The lowest BCUT2D eigenvalue weighted by atomic mass is 9.82.